The lowest BCUT2D eigenvalue weighted by Crippen LogP contribution is -2.51. The number of carbonyl (C=O) groups excluding carboxylic acids is 3. The van der Waals surface area contributed by atoms with Gasteiger partial charge in [0.1, 0.15) is 29.5 Å². The predicted octanol–water partition coefficient (Wildman–Crippen LogP) is 9.72. The first-order valence-corrected chi connectivity index (χ1v) is 24.8. The number of benzene rings is 3. The maximum absolute atomic E-state index is 16.2. The van der Waals surface area contributed by atoms with Crippen molar-refractivity contribution in [2.45, 2.75) is 96.8 Å². The average Bonchev–Trinajstić information content (AvgIpc) is 4.24. The van der Waals surface area contributed by atoms with Crippen molar-refractivity contribution in [3.63, 3.8) is 0 Å². The third-order valence-corrected chi connectivity index (χ3v) is 14.2. The number of amides is 4. The topological polar surface area (TPSA) is 194 Å². The lowest BCUT2D eigenvalue weighted by atomic mass is 10.0. The molecule has 16 nitrogen and oxygen atoms in total. The SMILES string of the molecule is COC(=O)N[C@H](C(=O)N1CCC[C@H]1c1ncc(-c2ccc(-c3ccc(-c4ccc(-c5cnc([C@@H]6CCCN6C(=O)[C@@H](NC(=O)O)C(C)C)[nH]5)cc4)n3-c3ccc(N4CCCCC4)c(F)c3)cc2)[nH]1)C(C)C. The van der Waals surface area contributed by atoms with Gasteiger partial charge >= 0.3 is 12.2 Å². The Morgan fingerprint density at radius 3 is 1.58 bits per heavy atom. The van der Waals surface area contributed by atoms with Crippen LogP contribution in [0.2, 0.25) is 0 Å². The Hall–Kier alpha value is -7.43. The van der Waals surface area contributed by atoms with Crippen LogP contribution in [-0.4, -0.2) is 109 Å². The lowest BCUT2D eigenvalue weighted by molar-refractivity contribution is -0.136. The Kier molecular flexibility index (Phi) is 14.3. The molecule has 9 rings (SSSR count). The molecule has 3 aromatic carbocycles. The molecular formula is C54H63FN10O6. The molecule has 3 aromatic heterocycles. The maximum Gasteiger partial charge on any atom is 0.407 e. The Bertz CT molecular complexity index is 2860. The normalized spacial score (nSPS) is 18.0. The molecule has 0 radical (unpaired) electrons. The monoisotopic (exact) mass is 966 g/mol. The van der Waals surface area contributed by atoms with Crippen molar-refractivity contribution in [1.82, 2.24) is 44.9 Å². The molecule has 0 saturated carbocycles. The number of hydrogen-bond donors (Lipinski definition) is 5. The van der Waals surface area contributed by atoms with E-state index in [2.05, 4.69) is 42.2 Å². The molecule has 5 N–H and O–H groups in total. The van der Waals surface area contributed by atoms with Gasteiger partial charge in [-0.05, 0) is 103 Å². The third-order valence-electron chi connectivity index (χ3n) is 14.2. The smallest absolute Gasteiger partial charge is 0.407 e. The van der Waals surface area contributed by atoms with Crippen LogP contribution in [-0.2, 0) is 14.3 Å². The van der Waals surface area contributed by atoms with Gasteiger partial charge in [0.25, 0.3) is 0 Å². The quantitative estimate of drug-likeness (QED) is 0.0707. The molecule has 0 aliphatic carbocycles. The van der Waals surface area contributed by atoms with Crippen molar-refractivity contribution in [1.29, 1.82) is 0 Å². The predicted molar refractivity (Wildman–Crippen MR) is 269 cm³/mol. The summed E-state index contributed by atoms with van der Waals surface area (Å²) in [7, 11) is 1.28. The number of aromatic nitrogens is 5. The number of likely N-dealkylation sites (tertiary alicyclic amines) is 2. The number of piperidine rings is 1. The summed E-state index contributed by atoms with van der Waals surface area (Å²) in [4.78, 5) is 73.0. The molecule has 6 aromatic rings. The van der Waals surface area contributed by atoms with Gasteiger partial charge in [-0.25, -0.2) is 23.9 Å². The van der Waals surface area contributed by atoms with E-state index < -0.39 is 24.3 Å². The zero-order chi connectivity index (χ0) is 49.9. The van der Waals surface area contributed by atoms with E-state index in [1.807, 2.05) is 88.4 Å². The van der Waals surface area contributed by atoms with Crippen LogP contribution in [0.25, 0.3) is 50.7 Å². The highest BCUT2D eigenvalue weighted by molar-refractivity contribution is 5.87. The molecule has 71 heavy (non-hydrogen) atoms. The number of hydrogen-bond acceptors (Lipinski definition) is 8. The minimum Gasteiger partial charge on any atom is -0.465 e. The van der Waals surface area contributed by atoms with Gasteiger partial charge in [-0.15, -0.1) is 0 Å². The molecular weight excluding hydrogens is 904 g/mol. The number of halogens is 1. The number of ether oxygens (including phenoxy) is 1. The Labute approximate surface area is 413 Å². The van der Waals surface area contributed by atoms with Crippen molar-refractivity contribution in [3.8, 4) is 50.7 Å². The first kappa shape index (κ1) is 48.6. The number of nitrogens with one attached hydrogen (secondary N) is 4. The van der Waals surface area contributed by atoms with Gasteiger partial charge in [0, 0.05) is 37.9 Å². The molecule has 0 bridgehead atoms. The van der Waals surface area contributed by atoms with E-state index in [9.17, 15) is 24.3 Å². The number of carboxylic acid groups (broad SMARTS) is 1. The summed E-state index contributed by atoms with van der Waals surface area (Å²) in [5.41, 5.74) is 8.27. The summed E-state index contributed by atoms with van der Waals surface area (Å²) in [6, 6.07) is 23.7. The molecule has 17 heteroatoms. The van der Waals surface area contributed by atoms with E-state index in [1.165, 1.54) is 7.11 Å². The molecule has 3 aliphatic rings. The van der Waals surface area contributed by atoms with Gasteiger partial charge in [0.05, 0.1) is 60.1 Å². The fourth-order valence-corrected chi connectivity index (χ4v) is 10.5. The zero-order valence-electron chi connectivity index (χ0n) is 41.0. The fraction of sp³-hybridized carbons (Fsp3) is 0.407. The van der Waals surface area contributed by atoms with Crippen molar-refractivity contribution in [3.05, 3.63) is 109 Å². The summed E-state index contributed by atoms with van der Waals surface area (Å²) in [6.45, 7) is 10.2. The second-order valence-corrected chi connectivity index (χ2v) is 19.5. The number of anilines is 1. The number of alkyl carbamates (subject to hydrolysis) is 1. The molecule has 0 unspecified atom stereocenters. The number of aromatic amines is 2. The Balaban J connectivity index is 0.984. The third kappa shape index (κ3) is 10.1. The van der Waals surface area contributed by atoms with Crippen LogP contribution in [0.5, 0.6) is 0 Å². The largest absolute Gasteiger partial charge is 0.465 e. The Morgan fingerprint density at radius 1 is 0.648 bits per heavy atom. The van der Waals surface area contributed by atoms with E-state index in [0.29, 0.717) is 42.5 Å². The Morgan fingerprint density at radius 2 is 1.13 bits per heavy atom. The number of carbonyl (C=O) groups is 4. The second-order valence-electron chi connectivity index (χ2n) is 19.5. The summed E-state index contributed by atoms with van der Waals surface area (Å²) >= 11 is 0. The van der Waals surface area contributed by atoms with Gasteiger partial charge in [-0.2, -0.15) is 0 Å². The first-order valence-electron chi connectivity index (χ1n) is 24.8. The summed E-state index contributed by atoms with van der Waals surface area (Å²) in [5, 5.41) is 14.5. The second kappa shape index (κ2) is 20.9. The molecule has 4 amide bonds. The average molecular weight is 967 g/mol. The lowest BCUT2D eigenvalue weighted by Gasteiger charge is -2.30. The van der Waals surface area contributed by atoms with E-state index >= 15 is 4.39 Å². The molecule has 372 valence electrons. The fourth-order valence-electron chi connectivity index (χ4n) is 10.5. The van der Waals surface area contributed by atoms with Crippen molar-refractivity contribution in [2.24, 2.45) is 11.8 Å². The van der Waals surface area contributed by atoms with E-state index in [-0.39, 0.29) is 41.6 Å². The maximum atomic E-state index is 16.2. The van der Waals surface area contributed by atoms with E-state index in [0.717, 1.165) is 96.6 Å². The van der Waals surface area contributed by atoms with E-state index in [1.54, 1.807) is 28.3 Å². The summed E-state index contributed by atoms with van der Waals surface area (Å²) < 4.78 is 23.1. The van der Waals surface area contributed by atoms with Crippen LogP contribution in [0, 0.1) is 17.7 Å². The summed E-state index contributed by atoms with van der Waals surface area (Å²) in [6.07, 6.45) is 7.95. The van der Waals surface area contributed by atoms with Crippen LogP contribution >= 0.6 is 0 Å². The molecule has 6 heterocycles. The van der Waals surface area contributed by atoms with Crippen molar-refractivity contribution < 1.29 is 33.4 Å². The van der Waals surface area contributed by atoms with Crippen molar-refractivity contribution in [2.75, 3.05) is 38.2 Å². The highest BCUT2D eigenvalue weighted by Gasteiger charge is 2.39. The number of methoxy groups -OCH3 is 1. The molecule has 4 atom stereocenters. The molecule has 3 saturated heterocycles. The van der Waals surface area contributed by atoms with Crippen LogP contribution in [0.15, 0.2) is 91.3 Å². The van der Waals surface area contributed by atoms with Crippen LogP contribution in [0.3, 0.4) is 0 Å². The standard InChI is InChI=1S/C54H63FN10O6/c1-32(2)47(60-53(68)69)51(66)63-27-9-11-45(63)49-56-30-40(58-49)34-13-17-36(18-14-34)42-23-24-43(65(42)38-21-22-44(39(55)29-38)62-25-7-6-8-26-62)37-19-15-35(16-20-37)41-31-57-50(59-41)46-12-10-28-64(46)52(67)48(33(3)4)61-54(70)71-5/h13-24,29-33,45-48,60H,6-12,25-28H2,1-5H3,(H,56,58)(H,57,59)(H,61,70)(H,68,69)/t45-,46-,47-,48-/m0/s1. The summed E-state index contributed by atoms with van der Waals surface area (Å²) in [5.74, 6) is 0.281. The van der Waals surface area contributed by atoms with Gasteiger partial charge in [-0.1, -0.05) is 76.2 Å². The first-order chi connectivity index (χ1) is 34.3. The van der Waals surface area contributed by atoms with Crippen LogP contribution in [0.4, 0.5) is 19.7 Å². The van der Waals surface area contributed by atoms with Gasteiger partial charge in [-0.3, -0.25) is 9.59 Å². The molecule has 3 aliphatic heterocycles. The number of imidazole rings is 2. The van der Waals surface area contributed by atoms with Gasteiger partial charge < -0.3 is 49.7 Å². The highest BCUT2D eigenvalue weighted by Crippen LogP contribution is 2.38. The van der Waals surface area contributed by atoms with E-state index in [4.69, 9.17) is 14.7 Å². The highest BCUT2D eigenvalue weighted by atomic mass is 19.1. The number of rotatable bonds is 14. The van der Waals surface area contributed by atoms with Crippen LogP contribution < -0.4 is 15.5 Å². The number of nitrogens with zero attached hydrogens (tertiary/aromatic N) is 6. The minimum atomic E-state index is -1.23. The van der Waals surface area contributed by atoms with Gasteiger partial charge in [0.2, 0.25) is 11.8 Å². The zero-order valence-corrected chi connectivity index (χ0v) is 41.0. The van der Waals surface area contributed by atoms with Crippen LogP contribution in [0.1, 0.15) is 96.4 Å². The van der Waals surface area contributed by atoms with Crippen molar-refractivity contribution >= 4 is 29.7 Å². The minimum absolute atomic E-state index is 0.140. The number of H-pyrrole nitrogens is 2. The van der Waals surface area contributed by atoms with Gasteiger partial charge in [0.15, 0.2) is 0 Å². The molecule has 3 fully saturated rings. The molecule has 0 spiro atoms.